The SMILES string of the molecule is CCN(CC(C)N)c1ccc(C(C)C)cc1. The number of hydrogen-bond acceptors (Lipinski definition) is 2. The van der Waals surface area contributed by atoms with Gasteiger partial charge in [-0.05, 0) is 37.5 Å². The molecule has 0 bridgehead atoms. The van der Waals surface area contributed by atoms with Gasteiger partial charge in [-0.2, -0.15) is 0 Å². The molecule has 0 amide bonds. The first kappa shape index (κ1) is 13.0. The van der Waals surface area contributed by atoms with E-state index in [-0.39, 0.29) is 6.04 Å². The van der Waals surface area contributed by atoms with E-state index in [0.29, 0.717) is 5.92 Å². The van der Waals surface area contributed by atoms with E-state index in [4.69, 9.17) is 5.73 Å². The molecule has 1 unspecified atom stereocenters. The van der Waals surface area contributed by atoms with Crippen molar-refractivity contribution >= 4 is 5.69 Å². The van der Waals surface area contributed by atoms with Crippen molar-refractivity contribution in [1.82, 2.24) is 0 Å². The maximum absolute atomic E-state index is 5.84. The van der Waals surface area contributed by atoms with Crippen molar-refractivity contribution in [3.05, 3.63) is 29.8 Å². The highest BCUT2D eigenvalue weighted by Crippen LogP contribution is 2.20. The van der Waals surface area contributed by atoms with E-state index in [1.807, 2.05) is 6.92 Å². The van der Waals surface area contributed by atoms with Gasteiger partial charge < -0.3 is 10.6 Å². The standard InChI is InChI=1S/C14H24N2/c1-5-16(10-12(4)15)14-8-6-13(7-9-14)11(2)3/h6-9,11-12H,5,10,15H2,1-4H3. The van der Waals surface area contributed by atoms with Crippen molar-refractivity contribution < 1.29 is 0 Å². The van der Waals surface area contributed by atoms with Crippen LogP contribution in [-0.4, -0.2) is 19.1 Å². The summed E-state index contributed by atoms with van der Waals surface area (Å²) < 4.78 is 0. The molecule has 2 nitrogen and oxygen atoms in total. The van der Waals surface area contributed by atoms with E-state index >= 15 is 0 Å². The van der Waals surface area contributed by atoms with Crippen LogP contribution in [0.1, 0.15) is 39.2 Å². The van der Waals surface area contributed by atoms with Crippen LogP contribution in [0, 0.1) is 0 Å². The number of nitrogens with two attached hydrogens (primary N) is 1. The monoisotopic (exact) mass is 220 g/mol. The molecule has 2 heteroatoms. The first-order chi connectivity index (χ1) is 7.54. The fourth-order valence-corrected chi connectivity index (χ4v) is 1.83. The minimum absolute atomic E-state index is 0.213. The van der Waals surface area contributed by atoms with Gasteiger partial charge in [-0.15, -0.1) is 0 Å². The lowest BCUT2D eigenvalue weighted by Gasteiger charge is -2.25. The third-order valence-electron chi connectivity index (χ3n) is 2.81. The van der Waals surface area contributed by atoms with E-state index in [2.05, 4.69) is 49.9 Å². The predicted molar refractivity (Wildman–Crippen MR) is 72.1 cm³/mol. The van der Waals surface area contributed by atoms with E-state index in [9.17, 15) is 0 Å². The maximum Gasteiger partial charge on any atom is 0.0366 e. The Kier molecular flexibility index (Phi) is 4.81. The summed E-state index contributed by atoms with van der Waals surface area (Å²) in [5.74, 6) is 0.595. The molecule has 16 heavy (non-hydrogen) atoms. The summed E-state index contributed by atoms with van der Waals surface area (Å²) in [6.07, 6.45) is 0. The highest BCUT2D eigenvalue weighted by atomic mass is 15.1. The molecule has 0 aromatic heterocycles. The summed E-state index contributed by atoms with van der Waals surface area (Å²) >= 11 is 0. The molecule has 2 N–H and O–H groups in total. The van der Waals surface area contributed by atoms with E-state index in [1.165, 1.54) is 11.3 Å². The summed E-state index contributed by atoms with van der Waals surface area (Å²) in [4.78, 5) is 2.31. The Morgan fingerprint density at radius 2 is 1.69 bits per heavy atom. The molecular formula is C14H24N2. The number of benzene rings is 1. The largest absolute Gasteiger partial charge is 0.370 e. The second kappa shape index (κ2) is 5.90. The van der Waals surface area contributed by atoms with E-state index in [0.717, 1.165) is 13.1 Å². The van der Waals surface area contributed by atoms with Gasteiger partial charge in [0.15, 0.2) is 0 Å². The Labute approximate surface area is 99.5 Å². The van der Waals surface area contributed by atoms with Crippen molar-refractivity contribution in [2.45, 2.75) is 39.7 Å². The van der Waals surface area contributed by atoms with Crippen LogP contribution >= 0.6 is 0 Å². The molecule has 0 spiro atoms. The normalized spacial score (nSPS) is 12.9. The molecule has 1 aromatic carbocycles. The average molecular weight is 220 g/mol. The van der Waals surface area contributed by atoms with Crippen LogP contribution in [0.25, 0.3) is 0 Å². The quantitative estimate of drug-likeness (QED) is 0.826. The van der Waals surface area contributed by atoms with Gasteiger partial charge in [0, 0.05) is 24.8 Å². The number of nitrogens with zero attached hydrogens (tertiary/aromatic N) is 1. The maximum atomic E-state index is 5.84. The third kappa shape index (κ3) is 3.53. The smallest absolute Gasteiger partial charge is 0.0366 e. The van der Waals surface area contributed by atoms with E-state index < -0.39 is 0 Å². The van der Waals surface area contributed by atoms with Gasteiger partial charge in [0.05, 0.1) is 0 Å². The fraction of sp³-hybridized carbons (Fsp3) is 0.571. The van der Waals surface area contributed by atoms with Crippen LogP contribution in [0.15, 0.2) is 24.3 Å². The molecule has 0 heterocycles. The first-order valence-electron chi connectivity index (χ1n) is 6.15. The lowest BCUT2D eigenvalue weighted by atomic mass is 10.0. The second-order valence-electron chi connectivity index (χ2n) is 4.76. The zero-order valence-corrected chi connectivity index (χ0v) is 10.9. The predicted octanol–water partition coefficient (Wildman–Crippen LogP) is 2.98. The van der Waals surface area contributed by atoms with Crippen LogP contribution in [0.5, 0.6) is 0 Å². The minimum atomic E-state index is 0.213. The summed E-state index contributed by atoms with van der Waals surface area (Å²) in [5.41, 5.74) is 8.50. The lowest BCUT2D eigenvalue weighted by molar-refractivity contribution is 0.689. The van der Waals surface area contributed by atoms with Crippen molar-refractivity contribution in [2.24, 2.45) is 5.73 Å². The van der Waals surface area contributed by atoms with Gasteiger partial charge in [0.25, 0.3) is 0 Å². The zero-order chi connectivity index (χ0) is 12.1. The Hall–Kier alpha value is -1.02. The van der Waals surface area contributed by atoms with E-state index in [1.54, 1.807) is 0 Å². The van der Waals surface area contributed by atoms with Gasteiger partial charge in [-0.25, -0.2) is 0 Å². The Bertz CT molecular complexity index is 301. The Morgan fingerprint density at radius 1 is 1.12 bits per heavy atom. The molecule has 0 aliphatic rings. The lowest BCUT2D eigenvalue weighted by Crippen LogP contribution is -2.35. The molecule has 0 fully saturated rings. The van der Waals surface area contributed by atoms with Crippen molar-refractivity contribution in [3.63, 3.8) is 0 Å². The highest BCUT2D eigenvalue weighted by molar-refractivity contribution is 5.48. The first-order valence-corrected chi connectivity index (χ1v) is 6.15. The average Bonchev–Trinajstić information content (AvgIpc) is 2.25. The van der Waals surface area contributed by atoms with Gasteiger partial charge in [0.2, 0.25) is 0 Å². The molecular weight excluding hydrogens is 196 g/mol. The molecule has 90 valence electrons. The minimum Gasteiger partial charge on any atom is -0.370 e. The van der Waals surface area contributed by atoms with Crippen molar-refractivity contribution in [3.8, 4) is 0 Å². The zero-order valence-electron chi connectivity index (χ0n) is 10.9. The number of rotatable bonds is 5. The Morgan fingerprint density at radius 3 is 2.06 bits per heavy atom. The van der Waals surface area contributed by atoms with Crippen molar-refractivity contribution in [2.75, 3.05) is 18.0 Å². The second-order valence-corrected chi connectivity index (χ2v) is 4.76. The van der Waals surface area contributed by atoms with Crippen LogP contribution in [0.2, 0.25) is 0 Å². The summed E-state index contributed by atoms with van der Waals surface area (Å²) in [6.45, 7) is 10.6. The molecule has 0 radical (unpaired) electrons. The summed E-state index contributed by atoms with van der Waals surface area (Å²) in [5, 5.41) is 0. The molecule has 1 aromatic rings. The fourth-order valence-electron chi connectivity index (χ4n) is 1.83. The van der Waals surface area contributed by atoms with Gasteiger partial charge in [0.1, 0.15) is 0 Å². The van der Waals surface area contributed by atoms with Crippen molar-refractivity contribution in [1.29, 1.82) is 0 Å². The summed E-state index contributed by atoms with van der Waals surface area (Å²) in [6, 6.07) is 9.03. The van der Waals surface area contributed by atoms with Gasteiger partial charge in [-0.1, -0.05) is 26.0 Å². The number of anilines is 1. The Balaban J connectivity index is 2.78. The molecule has 0 aliphatic carbocycles. The molecule has 1 atom stereocenters. The van der Waals surface area contributed by atoms with Gasteiger partial charge in [-0.3, -0.25) is 0 Å². The molecule has 0 saturated heterocycles. The molecule has 1 rings (SSSR count). The van der Waals surface area contributed by atoms with Crippen LogP contribution < -0.4 is 10.6 Å². The van der Waals surface area contributed by atoms with Crippen LogP contribution in [0.3, 0.4) is 0 Å². The molecule has 0 saturated carbocycles. The third-order valence-corrected chi connectivity index (χ3v) is 2.81. The number of likely N-dealkylation sites (N-methyl/N-ethyl adjacent to an activating group) is 1. The van der Waals surface area contributed by atoms with Crippen LogP contribution in [-0.2, 0) is 0 Å². The highest BCUT2D eigenvalue weighted by Gasteiger charge is 2.07. The van der Waals surface area contributed by atoms with Crippen LogP contribution in [0.4, 0.5) is 5.69 Å². The topological polar surface area (TPSA) is 29.3 Å². The van der Waals surface area contributed by atoms with Gasteiger partial charge >= 0.3 is 0 Å². The summed E-state index contributed by atoms with van der Waals surface area (Å²) in [7, 11) is 0. The number of hydrogen-bond donors (Lipinski definition) is 1. The molecule has 0 aliphatic heterocycles.